The smallest absolute Gasteiger partial charge is 0.295 e. The summed E-state index contributed by atoms with van der Waals surface area (Å²) in [6.07, 6.45) is 3.25. The second kappa shape index (κ2) is 6.18. The second-order valence-corrected chi connectivity index (χ2v) is 1.11. The first-order valence-electron chi connectivity index (χ1n) is 1.90. The van der Waals surface area contributed by atoms with Gasteiger partial charge in [0, 0.05) is 0 Å². The van der Waals surface area contributed by atoms with Crippen molar-refractivity contribution in [2.45, 2.75) is 13.8 Å². The van der Waals surface area contributed by atoms with Crippen molar-refractivity contribution in [2.75, 3.05) is 0 Å². The average Bonchev–Trinajstić information content (AvgIpc) is 1.35. The summed E-state index contributed by atoms with van der Waals surface area (Å²) in [4.78, 5) is 9.96. The lowest BCUT2D eigenvalue weighted by Gasteiger charge is -1.68. The van der Waals surface area contributed by atoms with Crippen LogP contribution in [0.25, 0.3) is 0 Å². The third kappa shape index (κ3) is 10.7. The number of carbonyl (C=O) groups excluding carboxylic acids is 1. The topological polar surface area (TPSA) is 17.1 Å². The zero-order valence-electron chi connectivity index (χ0n) is 4.06. The molecule has 0 unspecified atom stereocenters. The molecule has 0 fully saturated rings. The Morgan fingerprint density at radius 2 is 2.00 bits per heavy atom. The van der Waals surface area contributed by atoms with Crippen LogP contribution in [0.1, 0.15) is 13.8 Å². The van der Waals surface area contributed by atoms with Crippen molar-refractivity contribution in [1.29, 1.82) is 0 Å². The minimum Gasteiger partial charge on any atom is -0.295 e. The zero-order chi connectivity index (χ0) is 4.99. The van der Waals surface area contributed by atoms with E-state index in [9.17, 15) is 4.79 Å². The lowest BCUT2D eigenvalue weighted by atomic mass is 10.4. The molecule has 38 valence electrons. The molecule has 0 heterocycles. The molecule has 0 amide bonds. The fourth-order valence-corrected chi connectivity index (χ4v) is 0.235. The maximum Gasteiger partial charge on any atom is 0.316 e. The molecule has 0 atom stereocenters. The Morgan fingerprint density at radius 3 is 2.00 bits per heavy atom. The summed E-state index contributed by atoms with van der Waals surface area (Å²) in [5, 5.41) is 0. The molecule has 0 bridgehead atoms. The minimum absolute atomic E-state index is 0. The molecular weight excluding hydrogens is 100 g/mol. The monoisotopic (exact) mass is 110 g/mol. The SMILES string of the molecule is CC=CC(C)=O.[MgH2]. The molecule has 0 N–H and O–H groups in total. The Kier molecular flexibility index (Phi) is 9.01. The molecule has 0 saturated carbocycles. The van der Waals surface area contributed by atoms with Crippen LogP contribution in [0.15, 0.2) is 12.2 Å². The molecule has 0 aliphatic carbocycles. The summed E-state index contributed by atoms with van der Waals surface area (Å²) in [5.41, 5.74) is 0. The van der Waals surface area contributed by atoms with Crippen LogP contribution in [-0.4, -0.2) is 28.8 Å². The molecule has 0 aromatic heterocycles. The van der Waals surface area contributed by atoms with Gasteiger partial charge in [0.15, 0.2) is 5.78 Å². The van der Waals surface area contributed by atoms with Crippen LogP contribution in [0.3, 0.4) is 0 Å². The van der Waals surface area contributed by atoms with Crippen LogP contribution in [-0.2, 0) is 4.79 Å². The van der Waals surface area contributed by atoms with Gasteiger partial charge in [0.05, 0.1) is 0 Å². The summed E-state index contributed by atoms with van der Waals surface area (Å²) >= 11 is 0. The predicted molar refractivity (Wildman–Crippen MR) is 34.0 cm³/mol. The maximum atomic E-state index is 9.96. The maximum absolute atomic E-state index is 9.96. The van der Waals surface area contributed by atoms with Gasteiger partial charge in [0.1, 0.15) is 0 Å². The summed E-state index contributed by atoms with van der Waals surface area (Å²) in [6.45, 7) is 3.35. The molecule has 1 nitrogen and oxygen atoms in total. The summed E-state index contributed by atoms with van der Waals surface area (Å²) in [6, 6.07) is 0. The van der Waals surface area contributed by atoms with Crippen LogP contribution in [0, 0.1) is 0 Å². The molecule has 0 aromatic rings. The Morgan fingerprint density at radius 1 is 1.57 bits per heavy atom. The molecule has 0 aromatic carbocycles. The van der Waals surface area contributed by atoms with Gasteiger partial charge in [0.2, 0.25) is 0 Å². The molecule has 0 aliphatic rings. The summed E-state index contributed by atoms with van der Waals surface area (Å²) in [7, 11) is 0. The second-order valence-electron chi connectivity index (χ2n) is 1.11. The standard InChI is InChI=1S/C5H8O.Mg.2H/c1-3-4-5(2)6;;;/h3-4H,1-2H3;;;. The van der Waals surface area contributed by atoms with E-state index in [4.69, 9.17) is 0 Å². The van der Waals surface area contributed by atoms with Gasteiger partial charge in [0.25, 0.3) is 0 Å². The van der Waals surface area contributed by atoms with Gasteiger partial charge in [-0.2, -0.15) is 0 Å². The average molecular weight is 110 g/mol. The van der Waals surface area contributed by atoms with E-state index in [2.05, 4.69) is 0 Å². The number of rotatable bonds is 1. The molecule has 0 saturated heterocycles. The zero-order valence-corrected chi connectivity index (χ0v) is 4.06. The van der Waals surface area contributed by atoms with E-state index in [0.717, 1.165) is 0 Å². The van der Waals surface area contributed by atoms with Crippen LogP contribution < -0.4 is 0 Å². The number of carbonyl (C=O) groups is 1. The van der Waals surface area contributed by atoms with Crippen molar-refractivity contribution < 1.29 is 4.79 Å². The molecule has 0 rings (SSSR count). The quantitative estimate of drug-likeness (QED) is 0.349. The van der Waals surface area contributed by atoms with E-state index < -0.39 is 0 Å². The van der Waals surface area contributed by atoms with Gasteiger partial charge in [-0.15, -0.1) is 0 Å². The number of ketones is 1. The first-order valence-corrected chi connectivity index (χ1v) is 1.90. The fraction of sp³-hybridized carbons (Fsp3) is 0.400. The van der Waals surface area contributed by atoms with E-state index in [-0.39, 0.29) is 28.8 Å². The van der Waals surface area contributed by atoms with Gasteiger partial charge in [-0.1, -0.05) is 6.08 Å². The first kappa shape index (κ1) is 10.2. The van der Waals surface area contributed by atoms with Gasteiger partial charge >= 0.3 is 23.1 Å². The summed E-state index contributed by atoms with van der Waals surface area (Å²) in [5.74, 6) is 0.109. The third-order valence-electron chi connectivity index (χ3n) is 0.401. The molecule has 2 heteroatoms. The van der Waals surface area contributed by atoms with Crippen LogP contribution in [0.4, 0.5) is 0 Å². The van der Waals surface area contributed by atoms with Crippen molar-refractivity contribution in [1.82, 2.24) is 0 Å². The van der Waals surface area contributed by atoms with Gasteiger partial charge < -0.3 is 0 Å². The van der Waals surface area contributed by atoms with E-state index in [0.29, 0.717) is 0 Å². The highest BCUT2D eigenvalue weighted by Crippen LogP contribution is 1.69. The van der Waals surface area contributed by atoms with Gasteiger partial charge in [-0.25, -0.2) is 0 Å². The van der Waals surface area contributed by atoms with Crippen LogP contribution in [0.2, 0.25) is 0 Å². The lowest BCUT2D eigenvalue weighted by molar-refractivity contribution is -0.112. The Bertz CT molecular complexity index is 76.1. The minimum atomic E-state index is 0. The fourth-order valence-electron chi connectivity index (χ4n) is 0.235. The van der Waals surface area contributed by atoms with Crippen molar-refractivity contribution in [3.05, 3.63) is 12.2 Å². The number of allylic oxidation sites excluding steroid dienone is 2. The molecule has 7 heavy (non-hydrogen) atoms. The highest BCUT2D eigenvalue weighted by atomic mass is 24.3. The largest absolute Gasteiger partial charge is 0.316 e. The first-order chi connectivity index (χ1) is 2.77. The van der Waals surface area contributed by atoms with Crippen molar-refractivity contribution in [3.63, 3.8) is 0 Å². The Labute approximate surface area is 59.9 Å². The Balaban J connectivity index is 0. The highest BCUT2D eigenvalue weighted by Gasteiger charge is 1.73. The summed E-state index contributed by atoms with van der Waals surface area (Å²) < 4.78 is 0. The van der Waals surface area contributed by atoms with E-state index in [1.165, 1.54) is 13.0 Å². The molecule has 0 spiro atoms. The van der Waals surface area contributed by atoms with E-state index in [1.54, 1.807) is 6.08 Å². The van der Waals surface area contributed by atoms with Crippen LogP contribution in [0.5, 0.6) is 0 Å². The van der Waals surface area contributed by atoms with Gasteiger partial charge in [-0.3, -0.25) is 4.79 Å². The van der Waals surface area contributed by atoms with Gasteiger partial charge in [-0.05, 0) is 19.9 Å². The van der Waals surface area contributed by atoms with E-state index in [1.807, 2.05) is 6.92 Å². The number of hydrogen-bond acceptors (Lipinski definition) is 1. The normalized spacial score (nSPS) is 8.29. The third-order valence-corrected chi connectivity index (χ3v) is 0.401. The number of hydrogen-bond donors (Lipinski definition) is 0. The van der Waals surface area contributed by atoms with Crippen molar-refractivity contribution in [2.24, 2.45) is 0 Å². The van der Waals surface area contributed by atoms with Crippen molar-refractivity contribution in [3.8, 4) is 0 Å². The molecular formula is C5H10MgO. The lowest BCUT2D eigenvalue weighted by Crippen LogP contribution is -1.76. The predicted octanol–water partition coefficient (Wildman–Crippen LogP) is 0.235. The molecule has 0 radical (unpaired) electrons. The van der Waals surface area contributed by atoms with Crippen molar-refractivity contribution >= 4 is 28.8 Å². The van der Waals surface area contributed by atoms with E-state index >= 15 is 0 Å². The van der Waals surface area contributed by atoms with Crippen LogP contribution >= 0.6 is 0 Å². The Hall–Kier alpha value is 0.176. The molecule has 0 aliphatic heterocycles. The highest BCUT2D eigenvalue weighted by molar-refractivity contribution is 5.87.